The van der Waals surface area contributed by atoms with Crippen molar-refractivity contribution in [1.82, 2.24) is 25.2 Å². The highest BCUT2D eigenvalue weighted by Gasteiger charge is 2.04. The lowest BCUT2D eigenvalue weighted by Gasteiger charge is -2.02. The predicted molar refractivity (Wildman–Crippen MR) is 53.3 cm³/mol. The van der Waals surface area contributed by atoms with Crippen molar-refractivity contribution in [3.63, 3.8) is 0 Å². The van der Waals surface area contributed by atoms with Gasteiger partial charge in [0.15, 0.2) is 5.82 Å². The third-order valence-electron chi connectivity index (χ3n) is 2.17. The smallest absolute Gasteiger partial charge is 0.228 e. The topological polar surface area (TPSA) is 56.5 Å². The Kier molecular flexibility index (Phi) is 1.68. The zero-order valence-corrected chi connectivity index (χ0v) is 7.70. The molecule has 0 spiro atoms. The van der Waals surface area contributed by atoms with Crippen molar-refractivity contribution in [2.24, 2.45) is 0 Å². The van der Waals surface area contributed by atoms with Crippen LogP contribution in [0.1, 0.15) is 0 Å². The van der Waals surface area contributed by atoms with E-state index < -0.39 is 0 Å². The Morgan fingerprint density at radius 1 is 1.13 bits per heavy atom. The van der Waals surface area contributed by atoms with Gasteiger partial charge in [0.2, 0.25) is 6.33 Å². The van der Waals surface area contributed by atoms with E-state index in [4.69, 9.17) is 0 Å². The lowest BCUT2D eigenvalue weighted by Crippen LogP contribution is -1.99. The fourth-order valence-corrected chi connectivity index (χ4v) is 1.50. The lowest BCUT2D eigenvalue weighted by molar-refractivity contribution is 0.774. The Morgan fingerprint density at radius 3 is 2.93 bits per heavy atom. The molecule has 0 bridgehead atoms. The summed E-state index contributed by atoms with van der Waals surface area (Å²) in [5.41, 5.74) is 0. The van der Waals surface area contributed by atoms with Crippen LogP contribution in [0.4, 0.5) is 0 Å². The number of fused-ring (bicyclic) bond motifs is 1. The molecule has 0 N–H and O–H groups in total. The molecule has 0 fully saturated rings. The second-order valence-electron chi connectivity index (χ2n) is 3.05. The quantitative estimate of drug-likeness (QED) is 0.582. The van der Waals surface area contributed by atoms with Crippen LogP contribution in [0.2, 0.25) is 0 Å². The maximum absolute atomic E-state index is 4.24. The maximum Gasteiger partial charge on any atom is 0.228 e. The molecule has 3 rings (SSSR count). The van der Waals surface area contributed by atoms with Gasteiger partial charge in [-0.25, -0.2) is 4.98 Å². The first-order valence-corrected chi connectivity index (χ1v) is 4.45. The van der Waals surface area contributed by atoms with Crippen LogP contribution in [0, 0.1) is 6.33 Å². The molecule has 0 aliphatic rings. The molecular formula is C10H6N5. The van der Waals surface area contributed by atoms with Crippen molar-refractivity contribution in [1.29, 1.82) is 0 Å². The second-order valence-corrected chi connectivity index (χ2v) is 3.05. The molecule has 71 valence electrons. The molecule has 0 aliphatic carbocycles. The van der Waals surface area contributed by atoms with Gasteiger partial charge in [-0.15, -0.1) is 5.10 Å². The summed E-state index contributed by atoms with van der Waals surface area (Å²) in [7, 11) is 0. The third-order valence-corrected chi connectivity index (χ3v) is 2.17. The van der Waals surface area contributed by atoms with Crippen LogP contribution in [-0.2, 0) is 0 Å². The monoisotopic (exact) mass is 196 g/mol. The molecule has 15 heavy (non-hydrogen) atoms. The Labute approximate surface area is 85.4 Å². The van der Waals surface area contributed by atoms with E-state index in [1.165, 1.54) is 4.68 Å². The first-order chi connectivity index (χ1) is 7.45. The number of hydrogen-bond donors (Lipinski definition) is 0. The van der Waals surface area contributed by atoms with E-state index in [0.29, 0.717) is 5.82 Å². The molecular weight excluding hydrogens is 190 g/mol. The number of pyridine rings is 1. The van der Waals surface area contributed by atoms with Crippen LogP contribution in [0.25, 0.3) is 16.6 Å². The minimum absolute atomic E-state index is 0.693. The first-order valence-electron chi connectivity index (χ1n) is 4.45. The van der Waals surface area contributed by atoms with Gasteiger partial charge in [-0.05, 0) is 21.9 Å². The molecule has 5 nitrogen and oxygen atoms in total. The highest BCUT2D eigenvalue weighted by atomic mass is 15.5. The highest BCUT2D eigenvalue weighted by Crippen LogP contribution is 2.17. The van der Waals surface area contributed by atoms with Gasteiger partial charge in [0.25, 0.3) is 0 Å². The van der Waals surface area contributed by atoms with E-state index in [9.17, 15) is 0 Å². The van der Waals surface area contributed by atoms with Crippen LogP contribution < -0.4 is 0 Å². The fraction of sp³-hybridized carbons (Fsp3) is 0. The lowest BCUT2D eigenvalue weighted by atomic mass is 10.2. The van der Waals surface area contributed by atoms with Crippen LogP contribution in [0.15, 0.2) is 36.5 Å². The zero-order valence-electron chi connectivity index (χ0n) is 7.70. The summed E-state index contributed by atoms with van der Waals surface area (Å²) in [4.78, 5) is 4.24. The van der Waals surface area contributed by atoms with Gasteiger partial charge in [0.1, 0.15) is 0 Å². The Hall–Kier alpha value is -2.30. The van der Waals surface area contributed by atoms with Crippen molar-refractivity contribution in [2.45, 2.75) is 0 Å². The van der Waals surface area contributed by atoms with Crippen molar-refractivity contribution in [3.05, 3.63) is 42.9 Å². The van der Waals surface area contributed by atoms with E-state index in [0.717, 1.165) is 10.8 Å². The van der Waals surface area contributed by atoms with Gasteiger partial charge < -0.3 is 0 Å². The Balaban J connectivity index is 2.36. The van der Waals surface area contributed by atoms with Crippen LogP contribution >= 0.6 is 0 Å². The summed E-state index contributed by atoms with van der Waals surface area (Å²) in [6.45, 7) is 0. The second kappa shape index (κ2) is 3.13. The molecule has 0 saturated carbocycles. The molecule has 0 saturated heterocycles. The van der Waals surface area contributed by atoms with Crippen molar-refractivity contribution in [3.8, 4) is 5.82 Å². The standard InChI is InChI=1S/C10H6N5/c1-2-4-9-8(3-1)5-6-11-10(9)15-7-12-13-14-15/h1-6H. The minimum atomic E-state index is 0.693. The van der Waals surface area contributed by atoms with E-state index in [2.05, 4.69) is 26.8 Å². The van der Waals surface area contributed by atoms with E-state index in [1.54, 1.807) is 6.20 Å². The fourth-order valence-electron chi connectivity index (χ4n) is 1.50. The number of hydrogen-bond acceptors (Lipinski definition) is 4. The van der Waals surface area contributed by atoms with E-state index >= 15 is 0 Å². The molecule has 2 aromatic heterocycles. The minimum Gasteiger partial charge on any atom is -0.236 e. The van der Waals surface area contributed by atoms with E-state index in [1.807, 2.05) is 30.3 Å². The summed E-state index contributed by atoms with van der Waals surface area (Å²) in [5, 5.41) is 12.9. The number of benzene rings is 1. The van der Waals surface area contributed by atoms with Crippen LogP contribution in [0.5, 0.6) is 0 Å². The molecule has 5 heteroatoms. The van der Waals surface area contributed by atoms with Gasteiger partial charge in [-0.3, -0.25) is 0 Å². The summed E-state index contributed by atoms with van der Waals surface area (Å²) < 4.78 is 1.43. The number of rotatable bonds is 1. The maximum atomic E-state index is 4.24. The molecule has 1 aromatic carbocycles. The van der Waals surface area contributed by atoms with Gasteiger partial charge >= 0.3 is 0 Å². The largest absolute Gasteiger partial charge is 0.236 e. The van der Waals surface area contributed by atoms with Crippen LogP contribution in [0.3, 0.4) is 0 Å². The third kappa shape index (κ3) is 1.25. The first kappa shape index (κ1) is 8.05. The van der Waals surface area contributed by atoms with Crippen LogP contribution in [-0.4, -0.2) is 25.2 Å². The van der Waals surface area contributed by atoms with Gasteiger partial charge in [-0.2, -0.15) is 4.68 Å². The SMILES string of the molecule is [c]1nnnn1-c1nccc2ccccc12. The van der Waals surface area contributed by atoms with Crippen molar-refractivity contribution in [2.75, 3.05) is 0 Å². The van der Waals surface area contributed by atoms with Crippen molar-refractivity contribution >= 4 is 10.8 Å². The summed E-state index contributed by atoms with van der Waals surface area (Å²) in [6, 6.07) is 9.88. The molecule has 1 radical (unpaired) electrons. The van der Waals surface area contributed by atoms with Gasteiger partial charge in [-0.1, -0.05) is 24.3 Å². The summed E-state index contributed by atoms with van der Waals surface area (Å²) in [6.07, 6.45) is 4.36. The molecule has 0 unspecified atom stereocenters. The molecule has 0 aliphatic heterocycles. The molecule has 0 atom stereocenters. The van der Waals surface area contributed by atoms with Gasteiger partial charge in [0, 0.05) is 11.6 Å². The Morgan fingerprint density at radius 2 is 2.07 bits per heavy atom. The average molecular weight is 196 g/mol. The molecule has 0 amide bonds. The molecule has 3 aromatic rings. The highest BCUT2D eigenvalue weighted by molar-refractivity contribution is 5.88. The van der Waals surface area contributed by atoms with Gasteiger partial charge in [0.05, 0.1) is 0 Å². The zero-order chi connectivity index (χ0) is 10.1. The number of tetrazole rings is 1. The van der Waals surface area contributed by atoms with E-state index in [-0.39, 0.29) is 0 Å². The normalized spacial score (nSPS) is 10.7. The summed E-state index contributed by atoms with van der Waals surface area (Å²) >= 11 is 0. The molecule has 2 heterocycles. The predicted octanol–water partition coefficient (Wildman–Crippen LogP) is 1.01. The summed E-state index contributed by atoms with van der Waals surface area (Å²) in [5.74, 6) is 0.693. The average Bonchev–Trinajstić information content (AvgIpc) is 2.82. The number of nitrogens with zero attached hydrogens (tertiary/aromatic N) is 5. The Bertz CT molecular complexity index is 582. The number of aromatic nitrogens is 5. The van der Waals surface area contributed by atoms with Crippen molar-refractivity contribution < 1.29 is 0 Å².